The van der Waals surface area contributed by atoms with Crippen LogP contribution in [0.1, 0.15) is 37.8 Å². The van der Waals surface area contributed by atoms with Crippen molar-refractivity contribution in [2.24, 2.45) is 0 Å². The molecule has 2 unspecified atom stereocenters. The molecule has 3 nitrogen and oxygen atoms in total. The standard InChI is InChI=1S/C17H27BrN2O/c1-3-19-17(15-8-4-5-9-16(15)18)10-12-20-11-6-7-14(13-20)21-2/h4-5,8-9,14,17,19H,3,6-7,10-13H2,1-2H3. The minimum atomic E-state index is 0.411. The molecular weight excluding hydrogens is 328 g/mol. The first-order chi connectivity index (χ1) is 10.2. The summed E-state index contributed by atoms with van der Waals surface area (Å²) in [5.41, 5.74) is 1.36. The lowest BCUT2D eigenvalue weighted by Crippen LogP contribution is -2.40. The lowest BCUT2D eigenvalue weighted by Gasteiger charge is -2.33. The molecule has 0 bridgehead atoms. The Hall–Kier alpha value is -0.420. The monoisotopic (exact) mass is 354 g/mol. The van der Waals surface area contributed by atoms with Crippen LogP contribution in [0.4, 0.5) is 0 Å². The van der Waals surface area contributed by atoms with Crippen LogP contribution in [0.25, 0.3) is 0 Å². The number of hydrogen-bond donors (Lipinski definition) is 1. The fourth-order valence-electron chi connectivity index (χ4n) is 3.09. The summed E-state index contributed by atoms with van der Waals surface area (Å²) in [6, 6.07) is 8.94. The SMILES string of the molecule is CCNC(CCN1CCCC(OC)C1)c1ccccc1Br. The third-order valence-electron chi connectivity index (χ3n) is 4.26. The molecule has 1 aromatic rings. The molecular formula is C17H27BrN2O. The van der Waals surface area contributed by atoms with Crippen molar-refractivity contribution >= 4 is 15.9 Å². The van der Waals surface area contributed by atoms with E-state index in [1.165, 1.54) is 29.4 Å². The van der Waals surface area contributed by atoms with Gasteiger partial charge in [0.25, 0.3) is 0 Å². The Morgan fingerprint density at radius 1 is 1.43 bits per heavy atom. The smallest absolute Gasteiger partial charge is 0.0698 e. The zero-order valence-electron chi connectivity index (χ0n) is 13.1. The van der Waals surface area contributed by atoms with Gasteiger partial charge in [-0.1, -0.05) is 41.1 Å². The molecule has 21 heavy (non-hydrogen) atoms. The highest BCUT2D eigenvalue weighted by atomic mass is 79.9. The minimum absolute atomic E-state index is 0.411. The van der Waals surface area contributed by atoms with Crippen molar-refractivity contribution in [3.63, 3.8) is 0 Å². The molecule has 1 aromatic carbocycles. The van der Waals surface area contributed by atoms with Crippen LogP contribution in [0.2, 0.25) is 0 Å². The van der Waals surface area contributed by atoms with E-state index >= 15 is 0 Å². The van der Waals surface area contributed by atoms with Crippen LogP contribution in [-0.2, 0) is 4.74 Å². The first-order valence-electron chi connectivity index (χ1n) is 7.97. The van der Waals surface area contributed by atoms with Gasteiger partial charge in [0.05, 0.1) is 6.10 Å². The molecule has 1 N–H and O–H groups in total. The van der Waals surface area contributed by atoms with Crippen LogP contribution in [-0.4, -0.2) is 44.3 Å². The van der Waals surface area contributed by atoms with E-state index in [4.69, 9.17) is 4.74 Å². The molecule has 0 aliphatic carbocycles. The maximum Gasteiger partial charge on any atom is 0.0698 e. The van der Waals surface area contributed by atoms with Crippen LogP contribution in [0, 0.1) is 0 Å². The summed E-state index contributed by atoms with van der Waals surface area (Å²) in [4.78, 5) is 2.54. The number of halogens is 1. The van der Waals surface area contributed by atoms with Gasteiger partial charge in [0.2, 0.25) is 0 Å². The number of nitrogens with zero attached hydrogens (tertiary/aromatic N) is 1. The number of piperidine rings is 1. The molecule has 1 heterocycles. The van der Waals surface area contributed by atoms with Crippen LogP contribution < -0.4 is 5.32 Å². The molecule has 2 atom stereocenters. The van der Waals surface area contributed by atoms with Gasteiger partial charge in [-0.05, 0) is 44.0 Å². The highest BCUT2D eigenvalue weighted by Gasteiger charge is 2.21. The summed E-state index contributed by atoms with van der Waals surface area (Å²) in [6.45, 7) is 6.57. The molecule has 1 saturated heterocycles. The Labute approximate surface area is 137 Å². The van der Waals surface area contributed by atoms with Gasteiger partial charge in [0.1, 0.15) is 0 Å². The molecule has 118 valence electrons. The summed E-state index contributed by atoms with van der Waals surface area (Å²) in [5.74, 6) is 0. The van der Waals surface area contributed by atoms with Gasteiger partial charge in [-0.3, -0.25) is 0 Å². The summed E-state index contributed by atoms with van der Waals surface area (Å²) in [6.07, 6.45) is 4.00. The van der Waals surface area contributed by atoms with Crippen molar-refractivity contribution in [2.45, 2.75) is 38.3 Å². The topological polar surface area (TPSA) is 24.5 Å². The molecule has 1 aliphatic heterocycles. The normalized spacial score (nSPS) is 21.4. The van der Waals surface area contributed by atoms with Crippen molar-refractivity contribution in [3.05, 3.63) is 34.3 Å². The fourth-order valence-corrected chi connectivity index (χ4v) is 3.65. The highest BCUT2D eigenvalue weighted by Crippen LogP contribution is 2.26. The molecule has 0 saturated carbocycles. The number of rotatable bonds is 7. The molecule has 1 fully saturated rings. The summed E-state index contributed by atoms with van der Waals surface area (Å²) < 4.78 is 6.71. The van der Waals surface area contributed by atoms with E-state index in [1.54, 1.807) is 0 Å². The number of likely N-dealkylation sites (tertiary alicyclic amines) is 1. The summed E-state index contributed by atoms with van der Waals surface area (Å²) >= 11 is 3.68. The second-order valence-corrected chi connectivity index (χ2v) is 6.58. The maximum atomic E-state index is 5.51. The average Bonchev–Trinajstić information content (AvgIpc) is 2.52. The lowest BCUT2D eigenvalue weighted by atomic mass is 10.0. The fraction of sp³-hybridized carbons (Fsp3) is 0.647. The van der Waals surface area contributed by atoms with Crippen LogP contribution in [0.15, 0.2) is 28.7 Å². The van der Waals surface area contributed by atoms with E-state index in [0.29, 0.717) is 12.1 Å². The Morgan fingerprint density at radius 3 is 2.95 bits per heavy atom. The minimum Gasteiger partial charge on any atom is -0.380 e. The molecule has 2 rings (SSSR count). The van der Waals surface area contributed by atoms with Crippen LogP contribution in [0.3, 0.4) is 0 Å². The van der Waals surface area contributed by atoms with Crippen molar-refractivity contribution in [1.29, 1.82) is 0 Å². The Balaban J connectivity index is 1.92. The second-order valence-electron chi connectivity index (χ2n) is 5.72. The molecule has 0 radical (unpaired) electrons. The Bertz CT molecular complexity index is 427. The average molecular weight is 355 g/mol. The van der Waals surface area contributed by atoms with Gasteiger partial charge in [-0.15, -0.1) is 0 Å². The van der Waals surface area contributed by atoms with Gasteiger partial charge in [0, 0.05) is 30.7 Å². The lowest BCUT2D eigenvalue weighted by molar-refractivity contribution is 0.0301. The van der Waals surface area contributed by atoms with Crippen molar-refractivity contribution < 1.29 is 4.74 Å². The predicted molar refractivity (Wildman–Crippen MR) is 91.6 cm³/mol. The first-order valence-corrected chi connectivity index (χ1v) is 8.76. The van der Waals surface area contributed by atoms with Crippen LogP contribution >= 0.6 is 15.9 Å². The number of methoxy groups -OCH3 is 1. The maximum absolute atomic E-state index is 5.51. The van der Waals surface area contributed by atoms with Gasteiger partial charge >= 0.3 is 0 Å². The van der Waals surface area contributed by atoms with Crippen LogP contribution in [0.5, 0.6) is 0 Å². The third-order valence-corrected chi connectivity index (χ3v) is 4.98. The van der Waals surface area contributed by atoms with E-state index < -0.39 is 0 Å². The zero-order valence-corrected chi connectivity index (χ0v) is 14.7. The van der Waals surface area contributed by atoms with Gasteiger partial charge in [0.15, 0.2) is 0 Å². The number of benzene rings is 1. The van der Waals surface area contributed by atoms with Crippen molar-refractivity contribution in [1.82, 2.24) is 10.2 Å². The number of nitrogens with one attached hydrogen (secondary N) is 1. The van der Waals surface area contributed by atoms with Gasteiger partial charge < -0.3 is 15.0 Å². The number of hydrogen-bond acceptors (Lipinski definition) is 3. The van der Waals surface area contributed by atoms with Gasteiger partial charge in [-0.25, -0.2) is 0 Å². The second kappa shape index (κ2) is 8.89. The first kappa shape index (κ1) is 16.9. The molecule has 0 amide bonds. The quantitative estimate of drug-likeness (QED) is 0.809. The van der Waals surface area contributed by atoms with E-state index in [-0.39, 0.29) is 0 Å². The number of ether oxygens (including phenoxy) is 1. The third kappa shape index (κ3) is 5.06. The predicted octanol–water partition coefficient (Wildman–Crippen LogP) is 3.60. The zero-order chi connectivity index (χ0) is 15.1. The van der Waals surface area contributed by atoms with Gasteiger partial charge in [-0.2, -0.15) is 0 Å². The van der Waals surface area contributed by atoms with E-state index in [1.807, 2.05) is 7.11 Å². The van der Waals surface area contributed by atoms with E-state index in [0.717, 1.165) is 26.1 Å². The summed E-state index contributed by atoms with van der Waals surface area (Å²) in [7, 11) is 1.83. The molecule has 4 heteroatoms. The highest BCUT2D eigenvalue weighted by molar-refractivity contribution is 9.10. The Morgan fingerprint density at radius 2 is 2.24 bits per heavy atom. The molecule has 0 spiro atoms. The van der Waals surface area contributed by atoms with E-state index in [2.05, 4.69) is 57.3 Å². The van der Waals surface area contributed by atoms with Crippen molar-refractivity contribution in [2.75, 3.05) is 33.3 Å². The molecule has 0 aromatic heterocycles. The van der Waals surface area contributed by atoms with E-state index in [9.17, 15) is 0 Å². The largest absolute Gasteiger partial charge is 0.380 e. The Kier molecular flexibility index (Phi) is 7.17. The summed E-state index contributed by atoms with van der Waals surface area (Å²) in [5, 5.41) is 3.62. The van der Waals surface area contributed by atoms with Crippen molar-refractivity contribution in [3.8, 4) is 0 Å². The molecule has 1 aliphatic rings.